The number of aliphatic imine (C=N–C) groups is 1. The minimum atomic E-state index is 0. The molecule has 1 aromatic carbocycles. The number of aromatic nitrogens is 1. The van der Waals surface area contributed by atoms with Crippen LogP contribution in [0.15, 0.2) is 53.7 Å². The molecule has 0 amide bonds. The fourth-order valence-electron chi connectivity index (χ4n) is 1.89. The number of nitrogens with zero attached hydrogens (tertiary/aromatic N) is 2. The highest BCUT2D eigenvalue weighted by Gasteiger charge is 1.97. The van der Waals surface area contributed by atoms with Crippen molar-refractivity contribution in [3.8, 4) is 0 Å². The van der Waals surface area contributed by atoms with Gasteiger partial charge < -0.3 is 11.1 Å². The van der Waals surface area contributed by atoms with Crippen LogP contribution >= 0.6 is 17.0 Å². The van der Waals surface area contributed by atoms with Crippen molar-refractivity contribution in [3.05, 3.63) is 65.5 Å². The largest absolute Gasteiger partial charge is 0.388 e. The van der Waals surface area contributed by atoms with Crippen LogP contribution in [-0.4, -0.2) is 10.8 Å². The van der Waals surface area contributed by atoms with Gasteiger partial charge >= 0.3 is 0 Å². The molecule has 2 aromatic rings. The Morgan fingerprint density at radius 3 is 2.67 bits per heavy atom. The van der Waals surface area contributed by atoms with Gasteiger partial charge in [0.2, 0.25) is 0 Å². The summed E-state index contributed by atoms with van der Waals surface area (Å²) in [6, 6.07) is 14.3. The number of amidine groups is 1. The zero-order valence-corrected chi connectivity index (χ0v) is 13.8. The normalized spacial score (nSPS) is 11.0. The van der Waals surface area contributed by atoms with Crippen LogP contribution in [-0.2, 0) is 19.6 Å². The first-order chi connectivity index (χ1) is 9.74. The number of nitrogens with two attached hydrogens (primary N) is 1. The summed E-state index contributed by atoms with van der Waals surface area (Å²) in [5, 5.41) is 3.39. The molecule has 2 rings (SSSR count). The molecule has 0 saturated heterocycles. The summed E-state index contributed by atoms with van der Waals surface area (Å²) in [6.45, 7) is 4.02. The number of benzene rings is 1. The molecule has 0 saturated carbocycles. The molecule has 0 spiro atoms. The van der Waals surface area contributed by atoms with Gasteiger partial charge in [-0.2, -0.15) is 0 Å². The summed E-state index contributed by atoms with van der Waals surface area (Å²) in [5.74, 6) is 0.615. The van der Waals surface area contributed by atoms with Gasteiger partial charge in [0.15, 0.2) is 0 Å². The van der Waals surface area contributed by atoms with Crippen LogP contribution in [0.3, 0.4) is 0 Å². The summed E-state index contributed by atoms with van der Waals surface area (Å²) in [6.07, 6.45) is 1.81. The van der Waals surface area contributed by atoms with Crippen molar-refractivity contribution >= 4 is 22.8 Å². The Morgan fingerprint density at radius 1 is 1.14 bits per heavy atom. The third kappa shape index (κ3) is 6.51. The van der Waals surface area contributed by atoms with Gasteiger partial charge in [0.05, 0.1) is 18.1 Å². The monoisotopic (exact) mass is 348 g/mol. The van der Waals surface area contributed by atoms with E-state index in [0.29, 0.717) is 12.4 Å². The van der Waals surface area contributed by atoms with E-state index < -0.39 is 0 Å². The van der Waals surface area contributed by atoms with Crippen LogP contribution in [0.4, 0.5) is 0 Å². The lowest BCUT2D eigenvalue weighted by molar-refractivity contribution is 0.679. The third-order valence-corrected chi connectivity index (χ3v) is 2.86. The molecule has 0 aliphatic carbocycles. The maximum atomic E-state index is 5.55. The molecule has 0 aliphatic rings. The SMILES string of the molecule is Br.CC(N)=NCc1cccc(CNCc2ccccn2)c1. The van der Waals surface area contributed by atoms with Crippen molar-refractivity contribution in [2.45, 2.75) is 26.6 Å². The van der Waals surface area contributed by atoms with Crippen molar-refractivity contribution < 1.29 is 0 Å². The molecular weight excluding hydrogens is 328 g/mol. The van der Waals surface area contributed by atoms with Crippen LogP contribution in [0.2, 0.25) is 0 Å². The predicted molar refractivity (Wildman–Crippen MR) is 92.5 cm³/mol. The third-order valence-electron chi connectivity index (χ3n) is 2.86. The van der Waals surface area contributed by atoms with Crippen molar-refractivity contribution in [1.29, 1.82) is 0 Å². The lowest BCUT2D eigenvalue weighted by Gasteiger charge is -2.06. The zero-order valence-electron chi connectivity index (χ0n) is 12.1. The van der Waals surface area contributed by atoms with Crippen molar-refractivity contribution in [1.82, 2.24) is 10.3 Å². The Morgan fingerprint density at radius 2 is 1.95 bits per heavy atom. The van der Waals surface area contributed by atoms with Gasteiger partial charge in [-0.25, -0.2) is 0 Å². The van der Waals surface area contributed by atoms with Crippen LogP contribution in [0.5, 0.6) is 0 Å². The molecule has 0 aliphatic heterocycles. The maximum Gasteiger partial charge on any atom is 0.0909 e. The second kappa shape index (κ2) is 9.26. The van der Waals surface area contributed by atoms with Gasteiger partial charge in [-0.1, -0.05) is 30.3 Å². The number of halogens is 1. The zero-order chi connectivity index (χ0) is 14.2. The van der Waals surface area contributed by atoms with Gasteiger partial charge in [-0.15, -0.1) is 17.0 Å². The first-order valence-corrected chi connectivity index (χ1v) is 6.69. The first kappa shape index (κ1) is 17.3. The fourth-order valence-corrected chi connectivity index (χ4v) is 1.89. The lowest BCUT2D eigenvalue weighted by atomic mass is 10.1. The molecule has 1 heterocycles. The molecule has 5 heteroatoms. The van der Waals surface area contributed by atoms with Gasteiger partial charge in [0.25, 0.3) is 0 Å². The lowest BCUT2D eigenvalue weighted by Crippen LogP contribution is -2.13. The number of rotatable bonds is 6. The standard InChI is InChI=1S/C16H20N4.BrH/c1-13(17)20-11-15-6-4-5-14(9-15)10-18-12-16-7-2-3-8-19-16;/h2-9,18H,10-12H2,1H3,(H2,17,20);1H. The first-order valence-electron chi connectivity index (χ1n) is 6.69. The molecule has 112 valence electrons. The van der Waals surface area contributed by atoms with Crippen molar-refractivity contribution in [2.75, 3.05) is 0 Å². The van der Waals surface area contributed by atoms with E-state index in [-0.39, 0.29) is 17.0 Å². The molecule has 3 N–H and O–H groups in total. The van der Waals surface area contributed by atoms with Crippen LogP contribution in [0.1, 0.15) is 23.7 Å². The molecule has 1 aromatic heterocycles. The van der Waals surface area contributed by atoms with Gasteiger partial charge in [-0.05, 0) is 30.2 Å². The quantitative estimate of drug-likeness (QED) is 0.623. The summed E-state index contributed by atoms with van der Waals surface area (Å²) >= 11 is 0. The Balaban J connectivity index is 0.00000220. The Kier molecular flexibility index (Phi) is 7.64. The van der Waals surface area contributed by atoms with E-state index in [1.54, 1.807) is 6.92 Å². The average Bonchev–Trinajstić information content (AvgIpc) is 2.47. The summed E-state index contributed by atoms with van der Waals surface area (Å²) in [5.41, 5.74) is 9.01. The second-order valence-electron chi connectivity index (χ2n) is 4.70. The maximum absolute atomic E-state index is 5.55. The average molecular weight is 349 g/mol. The Labute approximate surface area is 136 Å². The highest BCUT2D eigenvalue weighted by atomic mass is 79.9. The second-order valence-corrected chi connectivity index (χ2v) is 4.70. The minimum absolute atomic E-state index is 0. The smallest absolute Gasteiger partial charge is 0.0909 e. The highest BCUT2D eigenvalue weighted by molar-refractivity contribution is 8.93. The molecule has 0 radical (unpaired) electrons. The van der Waals surface area contributed by atoms with Crippen molar-refractivity contribution in [3.63, 3.8) is 0 Å². The van der Waals surface area contributed by atoms with E-state index in [4.69, 9.17) is 5.73 Å². The van der Waals surface area contributed by atoms with Gasteiger partial charge in [-0.3, -0.25) is 9.98 Å². The summed E-state index contributed by atoms with van der Waals surface area (Å²) in [7, 11) is 0. The molecule has 4 nitrogen and oxygen atoms in total. The molecule has 21 heavy (non-hydrogen) atoms. The number of hydrogen-bond donors (Lipinski definition) is 2. The van der Waals surface area contributed by atoms with E-state index in [1.165, 1.54) is 11.1 Å². The van der Waals surface area contributed by atoms with Gasteiger partial charge in [0.1, 0.15) is 0 Å². The number of nitrogens with one attached hydrogen (secondary N) is 1. The molecule has 0 bridgehead atoms. The van der Waals surface area contributed by atoms with E-state index in [9.17, 15) is 0 Å². The van der Waals surface area contributed by atoms with Crippen LogP contribution in [0, 0.1) is 0 Å². The summed E-state index contributed by atoms with van der Waals surface area (Å²) in [4.78, 5) is 8.51. The molecular formula is C16H21BrN4. The highest BCUT2D eigenvalue weighted by Crippen LogP contribution is 2.07. The van der Waals surface area contributed by atoms with E-state index >= 15 is 0 Å². The molecule has 0 atom stereocenters. The van der Waals surface area contributed by atoms with Crippen LogP contribution in [0.25, 0.3) is 0 Å². The number of hydrogen-bond acceptors (Lipinski definition) is 3. The van der Waals surface area contributed by atoms with E-state index in [1.807, 2.05) is 24.4 Å². The predicted octanol–water partition coefficient (Wildman–Crippen LogP) is 2.83. The van der Waals surface area contributed by atoms with Crippen molar-refractivity contribution in [2.24, 2.45) is 10.7 Å². The van der Waals surface area contributed by atoms with Gasteiger partial charge in [0, 0.05) is 19.3 Å². The molecule has 0 fully saturated rings. The van der Waals surface area contributed by atoms with E-state index in [0.717, 1.165) is 18.8 Å². The van der Waals surface area contributed by atoms with Crippen LogP contribution < -0.4 is 11.1 Å². The Bertz CT molecular complexity index is 565. The minimum Gasteiger partial charge on any atom is -0.388 e. The topological polar surface area (TPSA) is 63.3 Å². The molecule has 0 unspecified atom stereocenters. The Hall–Kier alpha value is -1.72. The van der Waals surface area contributed by atoms with E-state index in [2.05, 4.69) is 39.6 Å². The summed E-state index contributed by atoms with van der Waals surface area (Å²) < 4.78 is 0. The number of pyridine rings is 1. The fraction of sp³-hybridized carbons (Fsp3) is 0.250.